The molecule has 1 aliphatic heterocycles. The number of Topliss-reactive ketones (excluding diaryl/α,β-unsaturated/α-hetero) is 1. The Morgan fingerprint density at radius 1 is 1.26 bits per heavy atom. The minimum absolute atomic E-state index is 0.0512. The van der Waals surface area contributed by atoms with Gasteiger partial charge in [0.1, 0.15) is 0 Å². The van der Waals surface area contributed by atoms with E-state index in [0.717, 1.165) is 0 Å². The predicted octanol–water partition coefficient (Wildman–Crippen LogP) is 2.44. The molecule has 3 nitrogen and oxygen atoms in total. The van der Waals surface area contributed by atoms with Crippen molar-refractivity contribution in [2.24, 2.45) is 16.2 Å². The second-order valence-corrected chi connectivity index (χ2v) is 7.55. The van der Waals surface area contributed by atoms with Crippen LogP contribution in [0.2, 0.25) is 0 Å². The summed E-state index contributed by atoms with van der Waals surface area (Å²) in [4.78, 5) is 24.9. The molecule has 0 aromatic heterocycles. The summed E-state index contributed by atoms with van der Waals surface area (Å²) in [7, 11) is 0. The number of ketones is 1. The Hall–Kier alpha value is -0.540. The normalized spacial score (nSPS) is 61.5. The zero-order valence-corrected chi connectivity index (χ0v) is 12.2. The first-order valence-corrected chi connectivity index (χ1v) is 7.38. The standard InChI is InChI=1S/C14H14Cl2O3/c1-11-8(15)9(16)12(11,2)14-5-3-4-13(14,10(11)18)6-7(17)19-14/h3,5,8-9H,4,6H2,1-2H3/t8?,9?,11-,12-,13+,14+/m0/s1. The number of carbonyl (C=O) groups excluding carboxylic acids is 2. The van der Waals surface area contributed by atoms with Crippen molar-refractivity contribution in [3.05, 3.63) is 12.2 Å². The Kier molecular flexibility index (Phi) is 1.86. The van der Waals surface area contributed by atoms with Gasteiger partial charge in [0.15, 0.2) is 11.4 Å². The minimum Gasteiger partial charge on any atom is -0.453 e. The van der Waals surface area contributed by atoms with Crippen LogP contribution < -0.4 is 0 Å². The second-order valence-electron chi connectivity index (χ2n) is 6.61. The largest absolute Gasteiger partial charge is 0.453 e. The van der Waals surface area contributed by atoms with Crippen LogP contribution in [0.15, 0.2) is 12.2 Å². The summed E-state index contributed by atoms with van der Waals surface area (Å²) in [5.74, 6) is -0.252. The topological polar surface area (TPSA) is 43.4 Å². The van der Waals surface area contributed by atoms with Gasteiger partial charge in [-0.05, 0) is 12.5 Å². The van der Waals surface area contributed by atoms with Gasteiger partial charge in [0.2, 0.25) is 0 Å². The number of ether oxygens (including phenoxy) is 1. The fourth-order valence-corrected chi connectivity index (χ4v) is 6.38. The first-order chi connectivity index (χ1) is 8.78. The van der Waals surface area contributed by atoms with Gasteiger partial charge in [-0.2, -0.15) is 0 Å². The van der Waals surface area contributed by atoms with Crippen LogP contribution >= 0.6 is 23.2 Å². The van der Waals surface area contributed by atoms with Crippen molar-refractivity contribution in [2.45, 2.75) is 43.0 Å². The van der Waals surface area contributed by atoms with Crippen molar-refractivity contribution >= 4 is 35.0 Å². The molecule has 2 saturated carbocycles. The van der Waals surface area contributed by atoms with E-state index in [1.807, 2.05) is 26.0 Å². The molecule has 4 rings (SSSR count). The molecule has 2 unspecified atom stereocenters. The molecule has 0 aromatic rings. The number of hydrogen-bond acceptors (Lipinski definition) is 3. The Labute approximate surface area is 121 Å². The van der Waals surface area contributed by atoms with Gasteiger partial charge < -0.3 is 4.74 Å². The number of hydrogen-bond donors (Lipinski definition) is 0. The predicted molar refractivity (Wildman–Crippen MR) is 70.1 cm³/mol. The Morgan fingerprint density at radius 3 is 2.63 bits per heavy atom. The smallest absolute Gasteiger partial charge is 0.307 e. The Balaban J connectivity index is 2.04. The third-order valence-corrected chi connectivity index (χ3v) is 7.87. The van der Waals surface area contributed by atoms with Crippen LogP contribution in [0, 0.1) is 16.2 Å². The molecule has 19 heavy (non-hydrogen) atoms. The summed E-state index contributed by atoms with van der Waals surface area (Å²) in [6, 6.07) is 0. The van der Waals surface area contributed by atoms with Crippen LogP contribution in [0.4, 0.5) is 0 Å². The molecule has 0 N–H and O–H groups in total. The van der Waals surface area contributed by atoms with E-state index in [1.165, 1.54) is 0 Å². The molecule has 1 heterocycles. The van der Waals surface area contributed by atoms with E-state index in [9.17, 15) is 9.59 Å². The third kappa shape index (κ3) is 0.795. The van der Waals surface area contributed by atoms with Crippen LogP contribution in [-0.4, -0.2) is 28.1 Å². The van der Waals surface area contributed by atoms with Crippen LogP contribution in [0.5, 0.6) is 0 Å². The fourth-order valence-electron chi connectivity index (χ4n) is 5.16. The van der Waals surface area contributed by atoms with Gasteiger partial charge in [0.05, 0.1) is 28.0 Å². The molecule has 6 atom stereocenters. The summed E-state index contributed by atoms with van der Waals surface area (Å²) in [6.07, 6.45) is 4.53. The molecule has 0 spiro atoms. The molecule has 0 amide bonds. The number of rotatable bonds is 0. The van der Waals surface area contributed by atoms with Gasteiger partial charge in [-0.15, -0.1) is 23.2 Å². The van der Waals surface area contributed by atoms with Crippen LogP contribution in [0.3, 0.4) is 0 Å². The fraction of sp³-hybridized carbons (Fsp3) is 0.714. The highest BCUT2D eigenvalue weighted by molar-refractivity contribution is 6.35. The van der Waals surface area contributed by atoms with E-state index in [1.54, 1.807) is 0 Å². The summed E-state index contributed by atoms with van der Waals surface area (Å²) in [5, 5.41) is -0.783. The highest BCUT2D eigenvalue weighted by atomic mass is 35.5. The summed E-state index contributed by atoms with van der Waals surface area (Å²) in [5.41, 5.74) is -3.00. The lowest BCUT2D eigenvalue weighted by atomic mass is 9.48. The SMILES string of the molecule is C[C@]12C(Cl)C(Cl)[C@@]1(C)C(=O)[C@]13CC=C[C@]12OC(=O)C3. The maximum atomic E-state index is 13.1. The van der Waals surface area contributed by atoms with Crippen molar-refractivity contribution in [3.8, 4) is 0 Å². The van der Waals surface area contributed by atoms with E-state index in [2.05, 4.69) is 0 Å². The average Bonchev–Trinajstić information content (AvgIpc) is 2.89. The van der Waals surface area contributed by atoms with E-state index in [-0.39, 0.29) is 23.6 Å². The lowest BCUT2D eigenvalue weighted by Gasteiger charge is -2.61. The van der Waals surface area contributed by atoms with E-state index < -0.39 is 27.2 Å². The van der Waals surface area contributed by atoms with Crippen LogP contribution in [-0.2, 0) is 14.3 Å². The van der Waals surface area contributed by atoms with Crippen molar-refractivity contribution in [3.63, 3.8) is 0 Å². The summed E-state index contributed by atoms with van der Waals surface area (Å²) < 4.78 is 5.69. The minimum atomic E-state index is -0.888. The monoisotopic (exact) mass is 300 g/mol. The van der Waals surface area contributed by atoms with Gasteiger partial charge in [-0.3, -0.25) is 9.59 Å². The van der Waals surface area contributed by atoms with E-state index in [0.29, 0.717) is 6.42 Å². The van der Waals surface area contributed by atoms with Gasteiger partial charge in [0, 0.05) is 5.41 Å². The van der Waals surface area contributed by atoms with E-state index >= 15 is 0 Å². The maximum Gasteiger partial charge on any atom is 0.307 e. The molecule has 4 aliphatic rings. The van der Waals surface area contributed by atoms with Crippen LogP contribution in [0.1, 0.15) is 26.7 Å². The molecular formula is C14H14Cl2O3. The second kappa shape index (κ2) is 2.89. The number of alkyl halides is 2. The molecule has 1 saturated heterocycles. The van der Waals surface area contributed by atoms with Gasteiger partial charge >= 0.3 is 5.97 Å². The first-order valence-electron chi connectivity index (χ1n) is 6.50. The number of halogens is 2. The third-order valence-electron chi connectivity index (χ3n) is 6.37. The summed E-state index contributed by atoms with van der Waals surface area (Å²) in [6.45, 7) is 3.82. The highest BCUT2D eigenvalue weighted by Gasteiger charge is 2.91. The molecule has 0 aromatic carbocycles. The van der Waals surface area contributed by atoms with Crippen molar-refractivity contribution in [2.75, 3.05) is 0 Å². The van der Waals surface area contributed by atoms with Crippen LogP contribution in [0.25, 0.3) is 0 Å². The zero-order valence-electron chi connectivity index (χ0n) is 10.7. The molecule has 102 valence electrons. The number of esters is 1. The Morgan fingerprint density at radius 2 is 1.95 bits per heavy atom. The van der Waals surface area contributed by atoms with Crippen molar-refractivity contribution in [1.82, 2.24) is 0 Å². The van der Waals surface area contributed by atoms with Crippen molar-refractivity contribution in [1.29, 1.82) is 0 Å². The van der Waals surface area contributed by atoms with Gasteiger partial charge in [-0.1, -0.05) is 19.9 Å². The molecule has 0 radical (unpaired) electrons. The molecule has 0 bridgehead atoms. The summed E-state index contributed by atoms with van der Waals surface area (Å²) >= 11 is 12.8. The number of allylic oxidation sites excluding steroid dienone is 1. The first kappa shape index (κ1) is 12.2. The molecular weight excluding hydrogens is 287 g/mol. The molecule has 3 fully saturated rings. The van der Waals surface area contributed by atoms with Crippen molar-refractivity contribution < 1.29 is 14.3 Å². The average molecular weight is 301 g/mol. The molecule has 3 aliphatic carbocycles. The Bertz CT molecular complexity index is 573. The lowest BCUT2D eigenvalue weighted by molar-refractivity contribution is -0.173. The van der Waals surface area contributed by atoms with Gasteiger partial charge in [-0.25, -0.2) is 0 Å². The van der Waals surface area contributed by atoms with Gasteiger partial charge in [0.25, 0.3) is 0 Å². The zero-order chi connectivity index (χ0) is 13.8. The van der Waals surface area contributed by atoms with E-state index in [4.69, 9.17) is 27.9 Å². The quantitative estimate of drug-likeness (QED) is 0.392. The highest BCUT2D eigenvalue weighted by Crippen LogP contribution is 2.81. The lowest BCUT2D eigenvalue weighted by Crippen LogP contribution is -2.71. The number of fused-ring (bicyclic) bond motifs is 1. The maximum absolute atomic E-state index is 13.1. The molecule has 5 heteroatoms. The number of carbonyl (C=O) groups is 2.